The maximum Gasteiger partial charge on any atom is 0.218 e. The summed E-state index contributed by atoms with van der Waals surface area (Å²) < 4.78 is 18.5. The number of nitrogens with one attached hydrogen (secondary N) is 1. The molecule has 1 heterocycles. The van der Waals surface area contributed by atoms with Crippen LogP contribution < -0.4 is 10.1 Å². The summed E-state index contributed by atoms with van der Waals surface area (Å²) in [5.41, 5.74) is 1.36. The first-order valence-electron chi connectivity index (χ1n) is 5.27. The van der Waals surface area contributed by atoms with E-state index in [-0.39, 0.29) is 5.82 Å². The summed E-state index contributed by atoms with van der Waals surface area (Å²) in [5, 5.41) is 3.01. The molecule has 4 heteroatoms. The van der Waals surface area contributed by atoms with E-state index >= 15 is 0 Å². The molecule has 88 valence electrons. The summed E-state index contributed by atoms with van der Waals surface area (Å²) in [6.07, 6.45) is 1.66. The van der Waals surface area contributed by atoms with Crippen LogP contribution in [0.1, 0.15) is 5.56 Å². The van der Waals surface area contributed by atoms with Crippen molar-refractivity contribution in [2.75, 3.05) is 12.4 Å². The fourth-order valence-electron chi connectivity index (χ4n) is 1.54. The second-order valence-corrected chi connectivity index (χ2v) is 3.51. The Morgan fingerprint density at radius 2 is 2.06 bits per heavy atom. The van der Waals surface area contributed by atoms with Gasteiger partial charge in [0.1, 0.15) is 5.82 Å². The molecule has 0 radical (unpaired) electrons. The van der Waals surface area contributed by atoms with Gasteiger partial charge in [0.15, 0.2) is 0 Å². The van der Waals surface area contributed by atoms with Crippen molar-refractivity contribution in [3.8, 4) is 5.88 Å². The van der Waals surface area contributed by atoms with Crippen LogP contribution in [0.4, 0.5) is 10.1 Å². The van der Waals surface area contributed by atoms with E-state index < -0.39 is 0 Å². The molecule has 17 heavy (non-hydrogen) atoms. The number of para-hydroxylation sites is 1. The molecule has 0 aliphatic heterocycles. The Morgan fingerprint density at radius 1 is 1.24 bits per heavy atom. The van der Waals surface area contributed by atoms with Gasteiger partial charge in [-0.1, -0.05) is 18.2 Å². The van der Waals surface area contributed by atoms with Gasteiger partial charge in [-0.15, -0.1) is 0 Å². The molecule has 0 fully saturated rings. The average Bonchev–Trinajstić information content (AvgIpc) is 2.38. The maximum atomic E-state index is 13.4. The molecule has 2 rings (SSSR count). The molecule has 0 aliphatic carbocycles. The zero-order valence-corrected chi connectivity index (χ0v) is 9.48. The van der Waals surface area contributed by atoms with Crippen molar-refractivity contribution < 1.29 is 9.13 Å². The second-order valence-electron chi connectivity index (χ2n) is 3.51. The SMILES string of the molecule is COc1ncccc1CNc1ccccc1F. The van der Waals surface area contributed by atoms with Crippen molar-refractivity contribution >= 4 is 5.69 Å². The highest BCUT2D eigenvalue weighted by Crippen LogP contribution is 2.17. The summed E-state index contributed by atoms with van der Waals surface area (Å²) in [6, 6.07) is 10.3. The first-order chi connectivity index (χ1) is 8.31. The summed E-state index contributed by atoms with van der Waals surface area (Å²) in [5.74, 6) is 0.284. The molecular weight excluding hydrogens is 219 g/mol. The van der Waals surface area contributed by atoms with E-state index in [1.54, 1.807) is 31.5 Å². The lowest BCUT2D eigenvalue weighted by molar-refractivity contribution is 0.393. The Bertz CT molecular complexity index is 502. The Balaban J connectivity index is 2.10. The first kappa shape index (κ1) is 11.4. The van der Waals surface area contributed by atoms with E-state index in [4.69, 9.17) is 4.74 Å². The lowest BCUT2D eigenvalue weighted by Crippen LogP contribution is -2.03. The molecule has 0 aliphatic rings. The minimum atomic E-state index is -0.268. The van der Waals surface area contributed by atoms with Gasteiger partial charge in [0.2, 0.25) is 5.88 Å². The molecule has 1 N–H and O–H groups in total. The van der Waals surface area contributed by atoms with Gasteiger partial charge in [-0.05, 0) is 18.2 Å². The number of methoxy groups -OCH3 is 1. The number of anilines is 1. The topological polar surface area (TPSA) is 34.1 Å². The quantitative estimate of drug-likeness (QED) is 0.880. The summed E-state index contributed by atoms with van der Waals surface area (Å²) in [6.45, 7) is 0.470. The molecule has 0 atom stereocenters. The van der Waals surface area contributed by atoms with Crippen LogP contribution in [0.5, 0.6) is 5.88 Å². The molecule has 2 aromatic rings. The normalized spacial score (nSPS) is 10.0. The van der Waals surface area contributed by atoms with Crippen LogP contribution in [-0.2, 0) is 6.54 Å². The number of aromatic nitrogens is 1. The summed E-state index contributed by atoms with van der Waals surface area (Å²) in [7, 11) is 1.56. The lowest BCUT2D eigenvalue weighted by Gasteiger charge is -2.09. The largest absolute Gasteiger partial charge is 0.481 e. The summed E-state index contributed by atoms with van der Waals surface area (Å²) >= 11 is 0. The minimum Gasteiger partial charge on any atom is -0.481 e. The van der Waals surface area contributed by atoms with Gasteiger partial charge >= 0.3 is 0 Å². The highest BCUT2D eigenvalue weighted by atomic mass is 19.1. The number of nitrogens with zero attached hydrogens (tertiary/aromatic N) is 1. The van der Waals surface area contributed by atoms with Gasteiger partial charge in [0.25, 0.3) is 0 Å². The van der Waals surface area contributed by atoms with Crippen molar-refractivity contribution in [2.45, 2.75) is 6.54 Å². The minimum absolute atomic E-state index is 0.268. The van der Waals surface area contributed by atoms with Crippen LogP contribution >= 0.6 is 0 Å². The van der Waals surface area contributed by atoms with Gasteiger partial charge in [0, 0.05) is 18.3 Å². The van der Waals surface area contributed by atoms with E-state index in [0.29, 0.717) is 18.1 Å². The Hall–Kier alpha value is -2.10. The number of hydrogen-bond acceptors (Lipinski definition) is 3. The number of pyridine rings is 1. The fraction of sp³-hybridized carbons (Fsp3) is 0.154. The third-order valence-corrected chi connectivity index (χ3v) is 2.39. The number of halogens is 1. The molecule has 0 bridgehead atoms. The van der Waals surface area contributed by atoms with E-state index in [9.17, 15) is 4.39 Å². The van der Waals surface area contributed by atoms with Crippen LogP contribution in [0, 0.1) is 5.82 Å². The molecule has 0 unspecified atom stereocenters. The van der Waals surface area contributed by atoms with Gasteiger partial charge < -0.3 is 10.1 Å². The number of hydrogen-bond donors (Lipinski definition) is 1. The highest BCUT2D eigenvalue weighted by Gasteiger charge is 2.04. The standard InChI is InChI=1S/C13H13FN2O/c1-17-13-10(5-4-8-15-13)9-16-12-7-3-2-6-11(12)14/h2-8,16H,9H2,1H3. The van der Waals surface area contributed by atoms with E-state index in [2.05, 4.69) is 10.3 Å². The van der Waals surface area contributed by atoms with Crippen molar-refractivity contribution in [1.29, 1.82) is 0 Å². The molecule has 0 amide bonds. The molecular formula is C13H13FN2O. The van der Waals surface area contributed by atoms with Crippen molar-refractivity contribution in [1.82, 2.24) is 4.98 Å². The van der Waals surface area contributed by atoms with Crippen molar-refractivity contribution in [2.24, 2.45) is 0 Å². The first-order valence-corrected chi connectivity index (χ1v) is 5.27. The van der Waals surface area contributed by atoms with E-state index in [1.165, 1.54) is 6.07 Å². The van der Waals surface area contributed by atoms with Crippen LogP contribution in [0.2, 0.25) is 0 Å². The van der Waals surface area contributed by atoms with Crippen LogP contribution in [0.15, 0.2) is 42.6 Å². The Morgan fingerprint density at radius 3 is 2.82 bits per heavy atom. The number of benzene rings is 1. The summed E-state index contributed by atoms with van der Waals surface area (Å²) in [4.78, 5) is 4.08. The fourth-order valence-corrected chi connectivity index (χ4v) is 1.54. The molecule has 3 nitrogen and oxygen atoms in total. The van der Waals surface area contributed by atoms with Gasteiger partial charge in [-0.25, -0.2) is 9.37 Å². The average molecular weight is 232 g/mol. The number of ether oxygens (including phenoxy) is 1. The monoisotopic (exact) mass is 232 g/mol. The Kier molecular flexibility index (Phi) is 3.55. The smallest absolute Gasteiger partial charge is 0.218 e. The Labute approximate surface area is 99.3 Å². The van der Waals surface area contributed by atoms with Crippen LogP contribution in [0.3, 0.4) is 0 Å². The van der Waals surface area contributed by atoms with Crippen molar-refractivity contribution in [3.05, 3.63) is 54.0 Å². The zero-order valence-electron chi connectivity index (χ0n) is 9.48. The van der Waals surface area contributed by atoms with Gasteiger partial charge in [0.05, 0.1) is 12.8 Å². The molecule has 0 saturated carbocycles. The van der Waals surface area contributed by atoms with Crippen LogP contribution in [0.25, 0.3) is 0 Å². The zero-order chi connectivity index (χ0) is 12.1. The molecule has 0 spiro atoms. The van der Waals surface area contributed by atoms with Gasteiger partial charge in [-0.2, -0.15) is 0 Å². The lowest BCUT2D eigenvalue weighted by atomic mass is 10.2. The van der Waals surface area contributed by atoms with Crippen molar-refractivity contribution in [3.63, 3.8) is 0 Å². The van der Waals surface area contributed by atoms with Crippen LogP contribution in [-0.4, -0.2) is 12.1 Å². The number of rotatable bonds is 4. The predicted molar refractivity (Wildman–Crippen MR) is 64.5 cm³/mol. The highest BCUT2D eigenvalue weighted by molar-refractivity contribution is 5.45. The third-order valence-electron chi connectivity index (χ3n) is 2.39. The third kappa shape index (κ3) is 2.72. The predicted octanol–water partition coefficient (Wildman–Crippen LogP) is 2.84. The van der Waals surface area contributed by atoms with Gasteiger partial charge in [-0.3, -0.25) is 0 Å². The molecule has 1 aromatic carbocycles. The molecule has 1 aromatic heterocycles. The molecule has 0 saturated heterocycles. The maximum absolute atomic E-state index is 13.4. The van der Waals surface area contributed by atoms with E-state index in [1.807, 2.05) is 12.1 Å². The van der Waals surface area contributed by atoms with E-state index in [0.717, 1.165) is 5.56 Å². The second kappa shape index (κ2) is 5.30.